The van der Waals surface area contributed by atoms with Gasteiger partial charge in [-0.05, 0) is 158 Å². The number of phenols is 3. The number of nitrogens with zero attached hydrogens (tertiary/aromatic N) is 1. The van der Waals surface area contributed by atoms with Gasteiger partial charge in [-0.3, -0.25) is 59.0 Å². The third kappa shape index (κ3) is 21.2. The molecule has 9 amide bonds. The van der Waals surface area contributed by atoms with E-state index >= 15 is 24.0 Å². The number of aliphatic imine (C=N–C) groups is 1. The fourth-order valence-electron chi connectivity index (χ4n) is 15.4. The lowest BCUT2D eigenvalue weighted by atomic mass is 9.84. The molecule has 0 radical (unpaired) electrons. The Morgan fingerprint density at radius 3 is 2.01 bits per heavy atom. The topological polar surface area (TPSA) is 583 Å². The summed E-state index contributed by atoms with van der Waals surface area (Å²) in [6.07, 6.45) is -24.7. The average Bonchev–Trinajstić information content (AvgIpc) is 0.833. The molecule has 0 saturated carbocycles. The van der Waals surface area contributed by atoms with Gasteiger partial charge in [0.2, 0.25) is 59.3 Å². The number of rotatable bonds is 19. The van der Waals surface area contributed by atoms with Gasteiger partial charge in [-0.15, -0.1) is 13.2 Å². The highest BCUT2D eigenvalue weighted by molar-refractivity contribution is 6.32. The van der Waals surface area contributed by atoms with Crippen molar-refractivity contribution >= 4 is 88.0 Å². The van der Waals surface area contributed by atoms with Gasteiger partial charge in [0.15, 0.2) is 23.9 Å². The van der Waals surface area contributed by atoms with E-state index in [1.165, 1.54) is 26.1 Å². The van der Waals surface area contributed by atoms with E-state index in [1.54, 1.807) is 45.0 Å². The summed E-state index contributed by atoms with van der Waals surface area (Å²) in [7, 11) is 1.46. The number of guanidine groups is 1. The predicted molar refractivity (Wildman–Crippen MR) is 443 cm³/mol. The maximum absolute atomic E-state index is 16.4. The van der Waals surface area contributed by atoms with Crippen LogP contribution >= 0.6 is 23.2 Å². The van der Waals surface area contributed by atoms with Crippen molar-refractivity contribution in [3.05, 3.63) is 176 Å². The van der Waals surface area contributed by atoms with Crippen LogP contribution in [0.4, 0.5) is 18.9 Å². The fraction of sp³-hybridized carbons (Fsp3) is 0.381. The van der Waals surface area contributed by atoms with E-state index in [2.05, 4.69) is 73.7 Å². The van der Waals surface area contributed by atoms with Crippen LogP contribution in [0, 0.1) is 5.92 Å². The van der Waals surface area contributed by atoms with Gasteiger partial charge in [-0.2, -0.15) is 0 Å². The van der Waals surface area contributed by atoms with Crippen molar-refractivity contribution in [3.8, 4) is 62.9 Å². The van der Waals surface area contributed by atoms with E-state index in [9.17, 15) is 78.3 Å². The summed E-state index contributed by atoms with van der Waals surface area (Å²) in [5, 5.41) is 133. The average molecular weight is 1820 g/mol. The molecule has 128 heavy (non-hydrogen) atoms. The lowest BCUT2D eigenvalue weighted by Gasteiger charge is -2.48. The molecule has 15 rings (SSSR count). The van der Waals surface area contributed by atoms with Gasteiger partial charge in [0, 0.05) is 53.5 Å². The van der Waals surface area contributed by atoms with E-state index < -0.39 is 260 Å². The zero-order valence-electron chi connectivity index (χ0n) is 68.4. The van der Waals surface area contributed by atoms with Crippen molar-refractivity contribution in [1.82, 2.24) is 58.7 Å². The molecule has 7 aromatic rings. The summed E-state index contributed by atoms with van der Waals surface area (Å²) >= 11 is 14.4. The van der Waals surface area contributed by atoms with Crippen LogP contribution in [-0.2, 0) is 59.1 Å². The molecule has 23 N–H and O–H groups in total. The van der Waals surface area contributed by atoms with E-state index in [1.807, 2.05) is 0 Å². The number of benzene rings is 7. The predicted octanol–water partition coefficient (Wildman–Crippen LogP) is 2.58. The lowest BCUT2D eigenvalue weighted by molar-refractivity contribution is -0.334. The lowest BCUT2D eigenvalue weighted by Crippen LogP contribution is -2.65. The molecule has 8 aliphatic heterocycles. The number of hydrazine groups is 1. The Hall–Kier alpha value is -12.4. The first-order chi connectivity index (χ1) is 60.7. The monoisotopic (exact) mass is 1820 g/mol. The number of halogens is 5. The van der Waals surface area contributed by atoms with Gasteiger partial charge in [-0.25, -0.2) is 0 Å². The zero-order valence-corrected chi connectivity index (χ0v) is 69.9. The molecule has 682 valence electrons. The SMILES string of the molecule is CNC(CC(C)C)C(=O)NC1C(=O)NC(CC(N)=O)C(=O)NC2C(=O)NC3C(=O)NC(C(=O)N[C@@H](C(=O)NNC4=NCCN4)c4cc(O)cc(O)c4-c4cc3ccc4O)C(O)c3ccc(c(Cl)c3)Oc3cc2cc(c3OC2OC(CO)C(O)C(O)C2OC2C[C@@](C)(NCc3cccc(NC(=O)c4ccc(OC(F)(F)F)cc4)c3)C(O)C(C)O2)Oc2ccc(cc2Cl)C1O. The summed E-state index contributed by atoms with van der Waals surface area (Å²) < 4.78 is 82.1. The first-order valence-corrected chi connectivity index (χ1v) is 40.8. The van der Waals surface area contributed by atoms with E-state index in [4.69, 9.17) is 57.4 Å². The van der Waals surface area contributed by atoms with Crippen LogP contribution < -0.4 is 88.7 Å². The minimum absolute atomic E-state index is 0.0102. The Morgan fingerprint density at radius 1 is 0.719 bits per heavy atom. The number of aliphatic hydroxyl groups excluding tert-OH is 6. The normalized spacial score (nSPS) is 26.2. The highest BCUT2D eigenvalue weighted by atomic mass is 35.5. The van der Waals surface area contributed by atoms with Crippen molar-refractivity contribution in [3.63, 3.8) is 0 Å². The number of aliphatic hydroxyl groups is 6. The van der Waals surface area contributed by atoms with Gasteiger partial charge in [0.1, 0.15) is 101 Å². The molecule has 0 aliphatic carbocycles. The van der Waals surface area contributed by atoms with Crippen LogP contribution in [0.5, 0.6) is 51.7 Å². The number of hydrogen-bond donors (Lipinski definition) is 22. The number of fused-ring (bicyclic) bond motifs is 15. The fourth-order valence-corrected chi connectivity index (χ4v) is 15.9. The Kier molecular flexibility index (Phi) is 28.4. The number of hydrogen-bond acceptors (Lipinski definition) is 30. The molecule has 18 atom stereocenters. The highest BCUT2D eigenvalue weighted by Gasteiger charge is 2.53. The molecule has 44 heteroatoms. The van der Waals surface area contributed by atoms with Crippen molar-refractivity contribution in [1.29, 1.82) is 0 Å². The Labute approximate surface area is 735 Å². The minimum Gasteiger partial charge on any atom is -0.508 e. The second kappa shape index (κ2) is 39.0. The number of nitrogens with two attached hydrogens (primary N) is 1. The zero-order chi connectivity index (χ0) is 92.2. The smallest absolute Gasteiger partial charge is 0.508 e. The summed E-state index contributed by atoms with van der Waals surface area (Å²) in [4.78, 5) is 138. The van der Waals surface area contributed by atoms with Crippen molar-refractivity contribution < 1.29 is 135 Å². The number of carbonyl (C=O) groups excluding carboxylic acids is 9. The Balaban J connectivity index is 0.950. The second-order valence-electron chi connectivity index (χ2n) is 31.6. The first-order valence-electron chi connectivity index (χ1n) is 40.0. The molecule has 7 aromatic carbocycles. The molecule has 8 heterocycles. The van der Waals surface area contributed by atoms with Crippen LogP contribution in [0.15, 0.2) is 132 Å². The van der Waals surface area contributed by atoms with Crippen LogP contribution in [-0.4, -0.2) is 217 Å². The van der Waals surface area contributed by atoms with Crippen molar-refractivity contribution in [2.24, 2.45) is 16.6 Å². The number of aromatic hydroxyl groups is 3. The molecule has 16 unspecified atom stereocenters. The first kappa shape index (κ1) is 93.2. The van der Waals surface area contributed by atoms with Crippen LogP contribution in [0.3, 0.4) is 0 Å². The van der Waals surface area contributed by atoms with Crippen LogP contribution in [0.1, 0.15) is 121 Å². The Morgan fingerprint density at radius 2 is 1.38 bits per heavy atom. The Bertz CT molecular complexity index is 5450. The van der Waals surface area contributed by atoms with Gasteiger partial charge in [0.05, 0.1) is 47.9 Å². The van der Waals surface area contributed by atoms with E-state index in [0.717, 1.165) is 91.0 Å². The largest absolute Gasteiger partial charge is 0.573 e. The van der Waals surface area contributed by atoms with Crippen LogP contribution in [0.25, 0.3) is 11.1 Å². The number of nitrogens with one attached hydrogen (secondary N) is 12. The number of likely N-dealkylation sites (N-methyl/N-ethyl adjacent to an activating group) is 1. The molecule has 0 spiro atoms. The number of ether oxygens (including phenoxy) is 7. The van der Waals surface area contributed by atoms with Gasteiger partial charge >= 0.3 is 6.36 Å². The van der Waals surface area contributed by atoms with Crippen molar-refractivity contribution in [2.45, 2.75) is 169 Å². The summed E-state index contributed by atoms with van der Waals surface area (Å²) in [6, 6.07) is 10.0. The van der Waals surface area contributed by atoms with E-state index in [-0.39, 0.29) is 71.5 Å². The number of carbonyl (C=O) groups is 9. The number of primary amides is 1. The standard InChI is InChI=1S/C84H91Cl2F3N14O25/c1-34(2)21-49(91-5)74(115)100-64-66(109)39-12-17-53(47(85)24-39)123-55-26-41-27-56(70(55)127-81-71(69(112)68(111)57(33-104)125-81)126-59-31-83(4,72(113)35(3)122-59)94-32-36-7-6-8-42(22-36)95-73(114)37-9-14-44(15-10-37)128-84(87,88)89)124-54-18-13-40(25-48(54)86)67(110)65-79(120)99-63(80(121)102-103-82-92-19-20-93-82)46-28-43(105)29-52(107)60(46)45-23-38(11-16-51(45)106)61(76(117)101-65)98-77(118)62(41)97-75(116)50(30-58(90)108)96-78(64)119/h6-18,22-29,34-35,49-50,57,59,61-69,71-72,81,91,94,104-107,109-113H,19-21,30-33H2,1-5H3,(H2,90,108)(H,95,114)(H,96,119)(H,97,116)(H,98,118)(H,99,120)(H,100,115)(H,101,117)(H,102,121)(H2,92,93,103)/t35?,49?,50?,57?,59?,61?,62?,63-,64?,65?,66?,67?,68?,69?,71?,72?,81?,83-/m1/s1. The molecular formula is C84H91Cl2F3N14O25. The molecule has 39 nitrogen and oxygen atoms in total. The molecular weight excluding hydrogens is 1730 g/mol. The number of amides is 9. The second-order valence-corrected chi connectivity index (χ2v) is 32.5. The summed E-state index contributed by atoms with van der Waals surface area (Å²) in [5.41, 5.74) is 7.41. The van der Waals surface area contributed by atoms with Gasteiger partial charge < -0.3 is 138 Å². The minimum atomic E-state index is -4.97. The third-order valence-corrected chi connectivity index (χ3v) is 22.5. The number of anilines is 1. The molecule has 11 bridgehead atoms. The highest BCUT2D eigenvalue weighted by Crippen LogP contribution is 2.50. The molecule has 2 saturated heterocycles. The van der Waals surface area contributed by atoms with Crippen LogP contribution in [0.2, 0.25) is 10.0 Å². The molecule has 0 aromatic heterocycles. The number of alkyl halides is 3. The molecule has 2 fully saturated rings. The van der Waals surface area contributed by atoms with Crippen molar-refractivity contribution in [2.75, 3.05) is 32.1 Å². The summed E-state index contributed by atoms with van der Waals surface area (Å²) in [5.74, 6) is -16.7. The van der Waals surface area contributed by atoms with Gasteiger partial charge in [-0.1, -0.05) is 67.4 Å². The number of phenolic OH excluding ortho intramolecular Hbond substituents is 3. The summed E-state index contributed by atoms with van der Waals surface area (Å²) in [6.45, 7) is 6.26. The third-order valence-electron chi connectivity index (χ3n) is 22.0. The molecule has 8 aliphatic rings. The van der Waals surface area contributed by atoms with E-state index in [0.29, 0.717) is 12.1 Å². The maximum atomic E-state index is 16.4. The maximum Gasteiger partial charge on any atom is 0.573 e. The van der Waals surface area contributed by atoms with Gasteiger partial charge in [0.25, 0.3) is 11.8 Å². The quantitative estimate of drug-likeness (QED) is 0.0517.